The fourth-order valence-electron chi connectivity index (χ4n) is 3.10. The maximum absolute atomic E-state index is 4.77. The van der Waals surface area contributed by atoms with Gasteiger partial charge in [-0.2, -0.15) is 5.10 Å². The zero-order valence-electron chi connectivity index (χ0n) is 11.9. The minimum absolute atomic E-state index is 0.404. The Morgan fingerprint density at radius 3 is 2.84 bits per heavy atom. The highest BCUT2D eigenvalue weighted by Gasteiger charge is 2.25. The molecule has 0 radical (unpaired) electrons. The first-order valence-corrected chi connectivity index (χ1v) is 7.44. The van der Waals surface area contributed by atoms with Crippen LogP contribution in [0, 0.1) is 5.92 Å². The summed E-state index contributed by atoms with van der Waals surface area (Å²) >= 11 is 0. The molecule has 0 bridgehead atoms. The van der Waals surface area contributed by atoms with Crippen LogP contribution in [0.25, 0.3) is 10.9 Å². The summed E-state index contributed by atoms with van der Waals surface area (Å²) in [5.41, 5.74) is 2.46. The van der Waals surface area contributed by atoms with Crippen LogP contribution < -0.4 is 5.32 Å². The molecule has 102 valence electrons. The van der Waals surface area contributed by atoms with Crippen molar-refractivity contribution >= 4 is 10.9 Å². The van der Waals surface area contributed by atoms with Gasteiger partial charge in [0.15, 0.2) is 0 Å². The van der Waals surface area contributed by atoms with Gasteiger partial charge in [0, 0.05) is 12.4 Å². The highest BCUT2D eigenvalue weighted by molar-refractivity contribution is 5.82. The van der Waals surface area contributed by atoms with Gasteiger partial charge in [-0.1, -0.05) is 44.4 Å². The Hall–Kier alpha value is -1.35. The van der Waals surface area contributed by atoms with Crippen LogP contribution in [-0.4, -0.2) is 16.3 Å². The normalized spacial score (nSPS) is 17.6. The molecular formula is C16H23N3. The van der Waals surface area contributed by atoms with E-state index in [4.69, 9.17) is 5.10 Å². The molecule has 3 heteroatoms. The van der Waals surface area contributed by atoms with E-state index < -0.39 is 0 Å². The second-order valence-electron chi connectivity index (χ2n) is 5.67. The summed E-state index contributed by atoms with van der Waals surface area (Å²) in [5.74, 6) is 0.893. The van der Waals surface area contributed by atoms with E-state index in [2.05, 4.69) is 36.5 Å². The number of nitrogens with zero attached hydrogens (tertiary/aromatic N) is 2. The third kappa shape index (κ3) is 2.39. The van der Waals surface area contributed by atoms with Crippen molar-refractivity contribution in [2.75, 3.05) is 6.54 Å². The van der Waals surface area contributed by atoms with Crippen molar-refractivity contribution in [3.63, 3.8) is 0 Å². The smallest absolute Gasteiger partial charge is 0.0872 e. The van der Waals surface area contributed by atoms with Gasteiger partial charge in [0.25, 0.3) is 0 Å². The van der Waals surface area contributed by atoms with Crippen LogP contribution in [-0.2, 0) is 7.05 Å². The topological polar surface area (TPSA) is 29.9 Å². The van der Waals surface area contributed by atoms with E-state index in [0.717, 1.165) is 12.5 Å². The maximum Gasteiger partial charge on any atom is 0.0872 e. The molecule has 1 fully saturated rings. The van der Waals surface area contributed by atoms with E-state index in [-0.39, 0.29) is 0 Å². The van der Waals surface area contributed by atoms with Gasteiger partial charge in [0.2, 0.25) is 0 Å². The van der Waals surface area contributed by atoms with Gasteiger partial charge in [-0.25, -0.2) is 0 Å². The molecule has 1 aromatic heterocycles. The first-order valence-electron chi connectivity index (χ1n) is 7.44. The summed E-state index contributed by atoms with van der Waals surface area (Å²) in [6, 6.07) is 8.95. The van der Waals surface area contributed by atoms with Crippen LogP contribution in [0.2, 0.25) is 0 Å². The summed E-state index contributed by atoms with van der Waals surface area (Å²) in [6.45, 7) is 3.18. The number of fused-ring (bicyclic) bond motifs is 1. The van der Waals surface area contributed by atoms with Crippen molar-refractivity contribution in [3.8, 4) is 0 Å². The first-order chi connectivity index (χ1) is 9.29. The molecule has 0 aliphatic heterocycles. The Labute approximate surface area is 115 Å². The minimum atomic E-state index is 0.404. The quantitative estimate of drug-likeness (QED) is 0.889. The van der Waals surface area contributed by atoms with E-state index in [1.807, 2.05) is 11.7 Å². The van der Waals surface area contributed by atoms with Crippen LogP contribution in [0.4, 0.5) is 0 Å². The molecule has 1 unspecified atom stereocenters. The van der Waals surface area contributed by atoms with Gasteiger partial charge in [-0.15, -0.1) is 0 Å². The van der Waals surface area contributed by atoms with E-state index in [1.54, 1.807) is 0 Å². The Bertz CT molecular complexity index is 554. The van der Waals surface area contributed by atoms with Crippen molar-refractivity contribution in [2.45, 2.75) is 38.6 Å². The summed E-state index contributed by atoms with van der Waals surface area (Å²) in [4.78, 5) is 0. The first kappa shape index (κ1) is 12.7. The molecule has 1 atom stereocenters. The highest BCUT2D eigenvalue weighted by Crippen LogP contribution is 2.36. The lowest BCUT2D eigenvalue weighted by Gasteiger charge is -2.29. The lowest BCUT2D eigenvalue weighted by Crippen LogP contribution is -2.26. The minimum Gasteiger partial charge on any atom is -0.309 e. The molecule has 0 spiro atoms. The van der Waals surface area contributed by atoms with Crippen molar-refractivity contribution < 1.29 is 0 Å². The number of hydrogen-bond acceptors (Lipinski definition) is 2. The molecule has 2 aromatic rings. The van der Waals surface area contributed by atoms with Crippen molar-refractivity contribution in [1.82, 2.24) is 15.1 Å². The fourth-order valence-corrected chi connectivity index (χ4v) is 3.10. The number of rotatable bonds is 5. The number of hydrogen-bond donors (Lipinski definition) is 1. The van der Waals surface area contributed by atoms with Crippen molar-refractivity contribution in [3.05, 3.63) is 30.0 Å². The van der Waals surface area contributed by atoms with Crippen LogP contribution in [0.3, 0.4) is 0 Å². The Morgan fingerprint density at radius 1 is 1.37 bits per heavy atom. The maximum atomic E-state index is 4.77. The summed E-state index contributed by atoms with van der Waals surface area (Å²) in [6.07, 6.45) is 5.43. The van der Waals surface area contributed by atoms with Crippen molar-refractivity contribution in [1.29, 1.82) is 0 Å². The van der Waals surface area contributed by atoms with Crippen LogP contribution in [0.5, 0.6) is 0 Å². The SMILES string of the molecule is CCNC(CC1CCC1)c1nn(C)c2ccccc12. The number of para-hydroxylation sites is 1. The van der Waals surface area contributed by atoms with E-state index in [9.17, 15) is 0 Å². The molecule has 1 aliphatic carbocycles. The number of aromatic nitrogens is 2. The third-order valence-electron chi connectivity index (χ3n) is 4.36. The van der Waals surface area contributed by atoms with Crippen molar-refractivity contribution in [2.24, 2.45) is 13.0 Å². The van der Waals surface area contributed by atoms with Gasteiger partial charge in [0.05, 0.1) is 17.3 Å². The van der Waals surface area contributed by atoms with Gasteiger partial charge < -0.3 is 5.32 Å². The summed E-state index contributed by atoms with van der Waals surface area (Å²) in [7, 11) is 2.04. The number of benzene rings is 1. The molecule has 1 saturated carbocycles. The predicted octanol–water partition coefficient (Wildman–Crippen LogP) is 3.41. The molecule has 0 amide bonds. The average Bonchev–Trinajstić information content (AvgIpc) is 2.71. The zero-order chi connectivity index (χ0) is 13.2. The van der Waals surface area contributed by atoms with Gasteiger partial charge in [0.1, 0.15) is 0 Å². The standard InChI is InChI=1S/C16H23N3/c1-3-17-14(11-12-7-6-8-12)16-13-9-4-5-10-15(13)19(2)18-16/h4-5,9-10,12,14,17H,3,6-8,11H2,1-2H3. The zero-order valence-corrected chi connectivity index (χ0v) is 11.9. The second kappa shape index (κ2) is 5.33. The Kier molecular flexibility index (Phi) is 3.56. The molecule has 3 rings (SSSR count). The van der Waals surface area contributed by atoms with E-state index in [1.165, 1.54) is 42.3 Å². The number of nitrogens with one attached hydrogen (secondary N) is 1. The fraction of sp³-hybridized carbons (Fsp3) is 0.562. The molecule has 1 heterocycles. The van der Waals surface area contributed by atoms with Crippen LogP contribution in [0.1, 0.15) is 44.3 Å². The molecular weight excluding hydrogens is 234 g/mol. The van der Waals surface area contributed by atoms with Gasteiger partial charge in [-0.3, -0.25) is 4.68 Å². The summed E-state index contributed by atoms with van der Waals surface area (Å²) < 4.78 is 2.01. The highest BCUT2D eigenvalue weighted by atomic mass is 15.3. The largest absolute Gasteiger partial charge is 0.309 e. The lowest BCUT2D eigenvalue weighted by molar-refractivity contribution is 0.260. The molecule has 3 nitrogen and oxygen atoms in total. The molecule has 1 N–H and O–H groups in total. The Morgan fingerprint density at radius 2 is 2.16 bits per heavy atom. The monoisotopic (exact) mass is 257 g/mol. The van der Waals surface area contributed by atoms with Crippen LogP contribution in [0.15, 0.2) is 24.3 Å². The molecule has 19 heavy (non-hydrogen) atoms. The Balaban J connectivity index is 1.94. The predicted molar refractivity (Wildman–Crippen MR) is 79.1 cm³/mol. The second-order valence-corrected chi connectivity index (χ2v) is 5.67. The van der Waals surface area contributed by atoms with Gasteiger partial charge in [-0.05, 0) is 24.9 Å². The van der Waals surface area contributed by atoms with Gasteiger partial charge >= 0.3 is 0 Å². The van der Waals surface area contributed by atoms with E-state index in [0.29, 0.717) is 6.04 Å². The molecule has 1 aliphatic rings. The molecule has 0 saturated heterocycles. The number of aryl methyl sites for hydroxylation is 1. The lowest BCUT2D eigenvalue weighted by atomic mass is 9.80. The van der Waals surface area contributed by atoms with Crippen LogP contribution >= 0.6 is 0 Å². The third-order valence-corrected chi connectivity index (χ3v) is 4.36. The average molecular weight is 257 g/mol. The summed E-state index contributed by atoms with van der Waals surface area (Å²) in [5, 5.41) is 9.70. The van der Waals surface area contributed by atoms with E-state index >= 15 is 0 Å². The molecule has 1 aromatic carbocycles.